The van der Waals surface area contributed by atoms with Gasteiger partial charge in [-0.3, -0.25) is 4.79 Å². The number of hydrogen-bond donors (Lipinski definition) is 1. The fourth-order valence-corrected chi connectivity index (χ4v) is 4.25. The summed E-state index contributed by atoms with van der Waals surface area (Å²) in [5, 5.41) is 6.57. The number of amides is 1. The van der Waals surface area contributed by atoms with E-state index in [2.05, 4.69) is 15.3 Å². The van der Waals surface area contributed by atoms with E-state index in [-0.39, 0.29) is 11.7 Å². The first-order chi connectivity index (χ1) is 13.1. The zero-order valence-corrected chi connectivity index (χ0v) is 15.9. The third-order valence-corrected chi connectivity index (χ3v) is 5.60. The minimum Gasteiger partial charge on any atom is -0.448 e. The van der Waals surface area contributed by atoms with E-state index in [0.29, 0.717) is 23.3 Å². The highest BCUT2D eigenvalue weighted by Gasteiger charge is 2.27. The maximum Gasteiger partial charge on any atom is 0.280 e. The number of benzene rings is 1. The van der Waals surface area contributed by atoms with E-state index in [4.69, 9.17) is 4.42 Å². The van der Waals surface area contributed by atoms with Gasteiger partial charge < -0.3 is 14.6 Å². The zero-order valence-electron chi connectivity index (χ0n) is 14.3. The van der Waals surface area contributed by atoms with Crippen LogP contribution in [0, 0.1) is 12.7 Å². The second-order valence-electron chi connectivity index (χ2n) is 5.75. The van der Waals surface area contributed by atoms with Crippen LogP contribution in [0.2, 0.25) is 0 Å². The molecule has 9 heteroatoms. The maximum atomic E-state index is 13.0. The first kappa shape index (κ1) is 17.7. The van der Waals surface area contributed by atoms with Gasteiger partial charge in [-0.25, -0.2) is 14.4 Å². The predicted octanol–water partition coefficient (Wildman–Crippen LogP) is 4.51. The van der Waals surface area contributed by atoms with Gasteiger partial charge in [0.15, 0.2) is 16.7 Å². The van der Waals surface area contributed by atoms with Crippen LogP contribution < -0.4 is 5.32 Å². The van der Waals surface area contributed by atoms with Gasteiger partial charge in [0.25, 0.3) is 5.91 Å². The Balaban J connectivity index is 1.50. The van der Waals surface area contributed by atoms with Gasteiger partial charge in [-0.1, -0.05) is 0 Å². The minimum atomic E-state index is -0.282. The van der Waals surface area contributed by atoms with E-state index in [9.17, 15) is 9.18 Å². The summed E-state index contributed by atoms with van der Waals surface area (Å²) in [6.45, 7) is 2.32. The summed E-state index contributed by atoms with van der Waals surface area (Å²) in [7, 11) is 0. The van der Waals surface area contributed by atoms with Crippen molar-refractivity contribution in [1.29, 1.82) is 0 Å². The van der Waals surface area contributed by atoms with Crippen molar-refractivity contribution in [2.24, 2.45) is 0 Å². The molecule has 1 fully saturated rings. The molecule has 0 atom stereocenters. The molecule has 3 heterocycles. The average Bonchev–Trinajstić information content (AvgIpc) is 3.39. The van der Waals surface area contributed by atoms with Crippen LogP contribution in [0.4, 0.5) is 15.2 Å². The Morgan fingerprint density at radius 3 is 2.89 bits per heavy atom. The second-order valence-corrected chi connectivity index (χ2v) is 7.72. The van der Waals surface area contributed by atoms with E-state index in [0.717, 1.165) is 22.2 Å². The number of aromatic nitrogens is 2. The molecule has 1 aliphatic rings. The molecule has 1 aliphatic heterocycles. The summed E-state index contributed by atoms with van der Waals surface area (Å²) in [6.07, 6.45) is 3.26. The van der Waals surface area contributed by atoms with Gasteiger partial charge in [0.05, 0.1) is 10.7 Å². The molecule has 0 aliphatic carbocycles. The van der Waals surface area contributed by atoms with Crippen LogP contribution >= 0.6 is 23.1 Å². The molecule has 6 nitrogen and oxygen atoms in total. The summed E-state index contributed by atoms with van der Waals surface area (Å²) < 4.78 is 18.1. The highest BCUT2D eigenvalue weighted by atomic mass is 32.2. The predicted molar refractivity (Wildman–Crippen MR) is 105 cm³/mol. The summed E-state index contributed by atoms with van der Waals surface area (Å²) in [5.41, 5.74) is 1.82. The lowest BCUT2D eigenvalue weighted by atomic mass is 10.3. The van der Waals surface area contributed by atoms with Gasteiger partial charge in [0.1, 0.15) is 12.1 Å². The van der Waals surface area contributed by atoms with Crippen molar-refractivity contribution in [3.05, 3.63) is 64.0 Å². The zero-order chi connectivity index (χ0) is 18.8. The summed E-state index contributed by atoms with van der Waals surface area (Å²) in [4.78, 5) is 22.9. The van der Waals surface area contributed by atoms with Gasteiger partial charge in [0.2, 0.25) is 0 Å². The van der Waals surface area contributed by atoms with Crippen molar-refractivity contribution in [2.75, 3.05) is 17.6 Å². The van der Waals surface area contributed by atoms with Crippen LogP contribution in [0.5, 0.6) is 0 Å². The van der Waals surface area contributed by atoms with Crippen molar-refractivity contribution >= 4 is 45.9 Å². The third-order valence-electron chi connectivity index (χ3n) is 3.80. The molecule has 1 amide bonds. The SMILES string of the molecule is Cc1nc(C(=O)N2CCS/C2=C/c2csc(Nc3ccc(F)cc3)n2)co1. The van der Waals surface area contributed by atoms with Crippen LogP contribution in [0.15, 0.2) is 45.4 Å². The molecule has 0 radical (unpaired) electrons. The van der Waals surface area contributed by atoms with Gasteiger partial charge in [-0.05, 0) is 30.3 Å². The standard InChI is InChI=1S/C18H15FN4O2S2/c1-11-20-15(9-25-11)17(24)23-6-7-26-16(23)8-14-10-27-18(22-14)21-13-4-2-12(19)3-5-13/h2-5,8-10H,6-7H2,1H3,(H,21,22)/b16-8+. The topological polar surface area (TPSA) is 71.3 Å². The lowest BCUT2D eigenvalue weighted by molar-refractivity contribution is 0.0825. The van der Waals surface area contributed by atoms with Crippen molar-refractivity contribution < 1.29 is 13.6 Å². The van der Waals surface area contributed by atoms with E-state index in [1.54, 1.807) is 35.7 Å². The van der Waals surface area contributed by atoms with Crippen molar-refractivity contribution in [2.45, 2.75) is 6.92 Å². The molecule has 0 unspecified atom stereocenters. The van der Waals surface area contributed by atoms with Gasteiger partial charge >= 0.3 is 0 Å². The molecule has 4 rings (SSSR count). The number of anilines is 2. The van der Waals surface area contributed by atoms with Crippen molar-refractivity contribution in [3.63, 3.8) is 0 Å². The largest absolute Gasteiger partial charge is 0.448 e. The van der Waals surface area contributed by atoms with Crippen LogP contribution in [-0.4, -0.2) is 33.1 Å². The van der Waals surface area contributed by atoms with Crippen LogP contribution in [0.3, 0.4) is 0 Å². The molecule has 0 spiro atoms. The molecule has 1 N–H and O–H groups in total. The second kappa shape index (κ2) is 7.53. The molecule has 1 aromatic carbocycles. The van der Waals surface area contributed by atoms with Gasteiger partial charge in [0, 0.05) is 30.3 Å². The Kier molecular flexibility index (Phi) is 4.95. The quantitative estimate of drug-likeness (QED) is 0.692. The number of halogens is 1. The Labute approximate surface area is 163 Å². The summed E-state index contributed by atoms with van der Waals surface area (Å²) in [6, 6.07) is 6.09. The number of nitrogens with zero attached hydrogens (tertiary/aromatic N) is 3. The molecule has 1 saturated heterocycles. The lowest BCUT2D eigenvalue weighted by Crippen LogP contribution is -2.27. The van der Waals surface area contributed by atoms with Crippen LogP contribution in [-0.2, 0) is 0 Å². The van der Waals surface area contributed by atoms with Gasteiger partial charge in [-0.2, -0.15) is 0 Å². The lowest BCUT2D eigenvalue weighted by Gasteiger charge is -2.14. The van der Waals surface area contributed by atoms with E-state index < -0.39 is 0 Å². The molecule has 27 heavy (non-hydrogen) atoms. The monoisotopic (exact) mass is 402 g/mol. The first-order valence-electron chi connectivity index (χ1n) is 8.15. The molecule has 0 saturated carbocycles. The number of thiazole rings is 1. The number of carbonyl (C=O) groups excluding carboxylic acids is 1. The number of rotatable bonds is 4. The highest BCUT2D eigenvalue weighted by molar-refractivity contribution is 8.03. The number of hydrogen-bond acceptors (Lipinski definition) is 7. The molecular formula is C18H15FN4O2S2. The van der Waals surface area contributed by atoms with Gasteiger partial charge in [-0.15, -0.1) is 23.1 Å². The van der Waals surface area contributed by atoms with Crippen molar-refractivity contribution in [3.8, 4) is 0 Å². The van der Waals surface area contributed by atoms with E-state index in [1.807, 2.05) is 11.5 Å². The highest BCUT2D eigenvalue weighted by Crippen LogP contribution is 2.32. The first-order valence-corrected chi connectivity index (χ1v) is 10.0. The van der Waals surface area contributed by atoms with Crippen LogP contribution in [0.25, 0.3) is 6.08 Å². The molecular weight excluding hydrogens is 387 g/mol. The van der Waals surface area contributed by atoms with E-state index in [1.165, 1.54) is 29.7 Å². The summed E-state index contributed by atoms with van der Waals surface area (Å²) >= 11 is 3.04. The Hall–Kier alpha value is -2.65. The maximum absolute atomic E-state index is 13.0. The Morgan fingerprint density at radius 1 is 1.33 bits per heavy atom. The minimum absolute atomic E-state index is 0.178. The number of nitrogens with one attached hydrogen (secondary N) is 1. The molecule has 0 bridgehead atoms. The number of oxazole rings is 1. The Bertz CT molecular complexity index is 997. The molecule has 2 aromatic heterocycles. The van der Waals surface area contributed by atoms with Crippen molar-refractivity contribution in [1.82, 2.24) is 14.9 Å². The molecule has 138 valence electrons. The fourth-order valence-electron chi connectivity index (χ4n) is 2.54. The third kappa shape index (κ3) is 4.04. The number of aryl methyl sites for hydroxylation is 1. The number of carbonyl (C=O) groups is 1. The number of thioether (sulfide) groups is 1. The molecule has 3 aromatic rings. The summed E-state index contributed by atoms with van der Waals surface area (Å²) in [5.74, 6) is 0.823. The van der Waals surface area contributed by atoms with Crippen LogP contribution in [0.1, 0.15) is 22.1 Å². The average molecular weight is 402 g/mol. The fraction of sp³-hybridized carbons (Fsp3) is 0.167. The Morgan fingerprint density at radius 2 is 2.15 bits per heavy atom. The van der Waals surface area contributed by atoms with E-state index >= 15 is 0 Å². The smallest absolute Gasteiger partial charge is 0.280 e. The normalized spacial score (nSPS) is 15.5.